The van der Waals surface area contributed by atoms with E-state index in [2.05, 4.69) is 35.6 Å². The van der Waals surface area contributed by atoms with Crippen molar-refractivity contribution in [1.82, 2.24) is 15.1 Å². The summed E-state index contributed by atoms with van der Waals surface area (Å²) in [5.41, 5.74) is -0.875. The number of imide groups is 1. The number of urea groups is 1. The molecule has 4 amide bonds. The number of hydrogen-bond acceptors (Lipinski definition) is 7. The molecule has 1 N–H and O–H groups in total. The highest BCUT2D eigenvalue weighted by Gasteiger charge is 2.53. The molecule has 1 heterocycles. The molecule has 168 valence electrons. The van der Waals surface area contributed by atoms with E-state index in [0.717, 1.165) is 36.9 Å². The van der Waals surface area contributed by atoms with Crippen LogP contribution in [0.3, 0.4) is 0 Å². The topological polar surface area (TPSA) is 122 Å². The van der Waals surface area contributed by atoms with Crippen LogP contribution in [0.1, 0.15) is 46.5 Å². The first-order valence-corrected chi connectivity index (χ1v) is 9.99. The van der Waals surface area contributed by atoms with Crippen LogP contribution in [0, 0.1) is 11.3 Å². The minimum Gasteiger partial charge on any atom is -0.468 e. The average molecular weight is 425 g/mol. The van der Waals surface area contributed by atoms with E-state index in [0.29, 0.717) is 18.8 Å². The predicted molar refractivity (Wildman–Crippen MR) is 105 cm³/mol. The molecule has 10 heteroatoms. The average Bonchev–Trinajstić information content (AvgIpc) is 2.90. The molecule has 10 nitrogen and oxygen atoms in total. The van der Waals surface area contributed by atoms with Crippen molar-refractivity contribution in [1.29, 1.82) is 0 Å². The first kappa shape index (κ1) is 23.6. The van der Waals surface area contributed by atoms with Crippen molar-refractivity contribution in [3.05, 3.63) is 0 Å². The number of ether oxygens (including phenoxy) is 2. The van der Waals surface area contributed by atoms with E-state index in [1.807, 2.05) is 0 Å². The van der Waals surface area contributed by atoms with E-state index in [1.165, 1.54) is 0 Å². The summed E-state index contributed by atoms with van der Waals surface area (Å²) in [6, 6.07) is -0.640. The van der Waals surface area contributed by atoms with Crippen molar-refractivity contribution >= 4 is 29.8 Å². The summed E-state index contributed by atoms with van der Waals surface area (Å²) in [4.78, 5) is 63.2. The quantitative estimate of drug-likeness (QED) is 0.491. The van der Waals surface area contributed by atoms with Crippen molar-refractivity contribution < 1.29 is 33.4 Å². The molecule has 2 rings (SSSR count). The van der Waals surface area contributed by atoms with Gasteiger partial charge in [0.2, 0.25) is 5.91 Å². The summed E-state index contributed by atoms with van der Waals surface area (Å²) in [5, 5.41) is 2.77. The number of rotatable bonds is 6. The Bertz CT molecular complexity index is 702. The van der Waals surface area contributed by atoms with Gasteiger partial charge in [-0.15, -0.1) is 0 Å². The van der Waals surface area contributed by atoms with Crippen molar-refractivity contribution in [3.8, 4) is 0 Å². The number of nitrogens with one attached hydrogen (secondary N) is 1. The zero-order chi connectivity index (χ0) is 22.7. The second-order valence-corrected chi connectivity index (χ2v) is 8.95. The summed E-state index contributed by atoms with van der Waals surface area (Å²) >= 11 is 0. The van der Waals surface area contributed by atoms with Crippen LogP contribution in [-0.2, 0) is 28.7 Å². The highest BCUT2D eigenvalue weighted by Crippen LogP contribution is 2.43. The van der Waals surface area contributed by atoms with E-state index in [9.17, 15) is 24.0 Å². The fraction of sp³-hybridized carbons (Fsp3) is 0.750. The standard InChI is InChI=1S/C20H31N3O7/c1-19(2,3)13-6-8-20(9-7-13)17(27)23(18(28)21-20)10-14(24)22(11-15(25)29-4)12-16(26)30-5/h13H,6-12H2,1-5H3,(H,21,28). The number of hydrogen-bond donors (Lipinski definition) is 1. The monoisotopic (exact) mass is 425 g/mol. The van der Waals surface area contributed by atoms with Gasteiger partial charge in [0.05, 0.1) is 14.2 Å². The number of esters is 2. The third kappa shape index (κ3) is 5.09. The molecule has 0 radical (unpaired) electrons. The molecular formula is C20H31N3O7. The van der Waals surface area contributed by atoms with E-state index in [1.54, 1.807) is 0 Å². The Balaban J connectivity index is 2.09. The summed E-state index contributed by atoms with van der Waals surface area (Å²) in [7, 11) is 2.30. The van der Waals surface area contributed by atoms with Crippen LogP contribution < -0.4 is 5.32 Å². The fourth-order valence-corrected chi connectivity index (χ4v) is 4.04. The number of methoxy groups -OCH3 is 2. The lowest BCUT2D eigenvalue weighted by molar-refractivity contribution is -0.152. The molecule has 1 aliphatic carbocycles. The Morgan fingerprint density at radius 1 is 1.07 bits per heavy atom. The summed E-state index contributed by atoms with van der Waals surface area (Å²) in [6.07, 6.45) is 2.62. The molecule has 0 aromatic heterocycles. The van der Waals surface area contributed by atoms with Crippen LogP contribution >= 0.6 is 0 Å². The number of carbonyl (C=O) groups excluding carboxylic acids is 5. The minimum absolute atomic E-state index is 0.116. The molecule has 0 aromatic rings. The summed E-state index contributed by atoms with van der Waals surface area (Å²) in [6.45, 7) is 4.93. The van der Waals surface area contributed by atoms with Gasteiger partial charge < -0.3 is 19.7 Å². The van der Waals surface area contributed by atoms with E-state index >= 15 is 0 Å². The van der Waals surface area contributed by atoms with Gasteiger partial charge >= 0.3 is 18.0 Å². The Hall–Kier alpha value is -2.65. The summed E-state index contributed by atoms with van der Waals surface area (Å²) < 4.78 is 9.08. The molecule has 1 spiro atoms. The molecule has 1 aliphatic heterocycles. The predicted octanol–water partition coefficient (Wildman–Crippen LogP) is 0.688. The maximum Gasteiger partial charge on any atom is 0.325 e. The third-order valence-electron chi connectivity index (χ3n) is 6.05. The zero-order valence-corrected chi connectivity index (χ0v) is 18.3. The molecule has 0 unspecified atom stereocenters. The Labute approximate surface area is 176 Å². The maximum absolute atomic E-state index is 13.1. The van der Waals surface area contributed by atoms with Crippen LogP contribution in [0.4, 0.5) is 4.79 Å². The first-order chi connectivity index (χ1) is 13.9. The molecule has 30 heavy (non-hydrogen) atoms. The normalized spacial score (nSPS) is 23.9. The van der Waals surface area contributed by atoms with Crippen LogP contribution in [0.25, 0.3) is 0 Å². The Morgan fingerprint density at radius 2 is 1.57 bits per heavy atom. The van der Waals surface area contributed by atoms with Gasteiger partial charge in [0, 0.05) is 0 Å². The van der Waals surface area contributed by atoms with Gasteiger partial charge in [-0.1, -0.05) is 20.8 Å². The smallest absolute Gasteiger partial charge is 0.325 e. The van der Waals surface area contributed by atoms with Crippen molar-refractivity contribution in [2.75, 3.05) is 33.9 Å². The van der Waals surface area contributed by atoms with Crippen molar-refractivity contribution in [3.63, 3.8) is 0 Å². The summed E-state index contributed by atoms with van der Waals surface area (Å²) in [5.74, 6) is -2.19. The maximum atomic E-state index is 13.1. The van der Waals surface area contributed by atoms with Crippen LogP contribution in [-0.4, -0.2) is 79.0 Å². The zero-order valence-electron chi connectivity index (χ0n) is 18.3. The molecule has 0 bridgehead atoms. The lowest BCUT2D eigenvalue weighted by Crippen LogP contribution is -2.51. The number of amides is 4. The Kier molecular flexibility index (Phi) is 7.10. The van der Waals surface area contributed by atoms with E-state index in [-0.39, 0.29) is 5.41 Å². The van der Waals surface area contributed by atoms with Gasteiger partial charge in [0.25, 0.3) is 5.91 Å². The van der Waals surface area contributed by atoms with Gasteiger partial charge in [-0.2, -0.15) is 0 Å². The molecule has 2 fully saturated rings. The molecule has 1 saturated carbocycles. The highest BCUT2D eigenvalue weighted by molar-refractivity contribution is 6.09. The third-order valence-corrected chi connectivity index (χ3v) is 6.05. The molecule has 2 aliphatic rings. The fourth-order valence-electron chi connectivity index (χ4n) is 4.04. The SMILES string of the molecule is COC(=O)CN(CC(=O)OC)C(=O)CN1C(=O)NC2(CCC(C(C)(C)C)CC2)C1=O. The van der Waals surface area contributed by atoms with Gasteiger partial charge in [-0.3, -0.25) is 24.1 Å². The minimum atomic E-state index is -0.991. The van der Waals surface area contributed by atoms with Crippen molar-refractivity contribution in [2.24, 2.45) is 11.3 Å². The first-order valence-electron chi connectivity index (χ1n) is 9.99. The molecule has 0 aromatic carbocycles. The van der Waals surface area contributed by atoms with Crippen LogP contribution in [0.2, 0.25) is 0 Å². The number of nitrogens with zero attached hydrogens (tertiary/aromatic N) is 2. The van der Waals surface area contributed by atoms with Gasteiger partial charge in [-0.25, -0.2) is 4.79 Å². The lowest BCUT2D eigenvalue weighted by atomic mass is 9.67. The lowest BCUT2D eigenvalue weighted by Gasteiger charge is -2.40. The number of carbonyl (C=O) groups is 5. The molecule has 0 atom stereocenters. The van der Waals surface area contributed by atoms with Crippen LogP contribution in [0.15, 0.2) is 0 Å². The highest BCUT2D eigenvalue weighted by atomic mass is 16.5. The van der Waals surface area contributed by atoms with Gasteiger partial charge in [0.1, 0.15) is 25.2 Å². The van der Waals surface area contributed by atoms with Gasteiger partial charge in [-0.05, 0) is 37.0 Å². The van der Waals surface area contributed by atoms with Gasteiger partial charge in [0.15, 0.2) is 0 Å². The van der Waals surface area contributed by atoms with E-state index in [4.69, 9.17) is 0 Å². The van der Waals surface area contributed by atoms with Crippen LogP contribution in [0.5, 0.6) is 0 Å². The molecular weight excluding hydrogens is 394 g/mol. The second kappa shape index (κ2) is 9.01. The molecule has 1 saturated heterocycles. The second-order valence-electron chi connectivity index (χ2n) is 8.95. The van der Waals surface area contributed by atoms with Crippen molar-refractivity contribution in [2.45, 2.75) is 52.0 Å². The Morgan fingerprint density at radius 3 is 2.00 bits per heavy atom. The largest absolute Gasteiger partial charge is 0.468 e. The van der Waals surface area contributed by atoms with E-state index < -0.39 is 55.0 Å².